The van der Waals surface area contributed by atoms with Gasteiger partial charge in [0, 0.05) is 34.1 Å². The predicted octanol–water partition coefficient (Wildman–Crippen LogP) is 11.1. The lowest BCUT2D eigenvalue weighted by Crippen LogP contribution is -2.12. The Balaban J connectivity index is 0.000000186. The van der Waals surface area contributed by atoms with Crippen molar-refractivity contribution in [2.24, 2.45) is 0 Å². The van der Waals surface area contributed by atoms with E-state index in [-0.39, 0.29) is 0 Å². The highest BCUT2D eigenvalue weighted by Gasteiger charge is 2.16. The maximum absolute atomic E-state index is 9.43. The second-order valence-corrected chi connectivity index (χ2v) is 11.5. The number of rotatable bonds is 8. The molecule has 0 saturated heterocycles. The number of benzene rings is 6. The number of hydrogen-bond donors (Lipinski definition) is 2. The van der Waals surface area contributed by atoms with Crippen molar-refractivity contribution in [3.8, 4) is 0 Å². The van der Waals surface area contributed by atoms with Crippen molar-refractivity contribution >= 4 is 46.1 Å². The van der Waals surface area contributed by atoms with Gasteiger partial charge in [-0.2, -0.15) is 0 Å². The summed E-state index contributed by atoms with van der Waals surface area (Å²) in [5.74, 6) is -2.62. The van der Waals surface area contributed by atoms with Crippen molar-refractivity contribution in [2.45, 2.75) is 34.1 Å². The van der Waals surface area contributed by atoms with E-state index in [9.17, 15) is 9.59 Å². The summed E-state index contributed by atoms with van der Waals surface area (Å²) < 4.78 is 0. The number of nitrogens with zero attached hydrogens (tertiary/aromatic N) is 2. The van der Waals surface area contributed by atoms with Crippen LogP contribution in [-0.4, -0.2) is 22.2 Å². The molecule has 0 heterocycles. The summed E-state index contributed by atoms with van der Waals surface area (Å²) >= 11 is 0. The van der Waals surface area contributed by atoms with Crippen LogP contribution in [-0.2, 0) is 9.59 Å². The zero-order valence-corrected chi connectivity index (χ0v) is 28.3. The number of aliphatic carboxylic acids is 2. The minimum atomic E-state index is -1.31. The van der Waals surface area contributed by atoms with E-state index in [4.69, 9.17) is 10.2 Å². The number of carboxylic acids is 2. The quantitative estimate of drug-likeness (QED) is 0.160. The molecule has 0 aliphatic rings. The maximum atomic E-state index is 9.43. The summed E-state index contributed by atoms with van der Waals surface area (Å²) in [6.45, 7) is 8.63. The molecule has 2 N–H and O–H groups in total. The molecule has 0 aliphatic carbocycles. The van der Waals surface area contributed by atoms with Gasteiger partial charge in [0.25, 0.3) is 0 Å². The van der Waals surface area contributed by atoms with Gasteiger partial charge >= 0.3 is 11.9 Å². The van der Waals surface area contributed by atoms with Gasteiger partial charge in [0.05, 0.1) is 0 Å². The highest BCUT2D eigenvalue weighted by atomic mass is 16.4. The molecule has 248 valence electrons. The van der Waals surface area contributed by atoms with Crippen LogP contribution in [0, 0.1) is 27.7 Å². The molecule has 6 heteroatoms. The van der Waals surface area contributed by atoms with Gasteiger partial charge in [0.15, 0.2) is 0 Å². The van der Waals surface area contributed by atoms with Gasteiger partial charge in [-0.05, 0) is 98.5 Å². The molecule has 0 unspecified atom stereocenters. The fourth-order valence-electron chi connectivity index (χ4n) is 5.36. The van der Waals surface area contributed by atoms with Crippen molar-refractivity contribution in [3.05, 3.63) is 180 Å². The second kappa shape index (κ2) is 17.7. The molecule has 0 fully saturated rings. The van der Waals surface area contributed by atoms with E-state index in [0.29, 0.717) is 0 Å². The molecule has 0 radical (unpaired) electrons. The van der Waals surface area contributed by atoms with Crippen LogP contribution in [0.5, 0.6) is 0 Å². The van der Waals surface area contributed by atoms with Crippen molar-refractivity contribution in [1.29, 1.82) is 0 Å². The van der Waals surface area contributed by atoms with Crippen LogP contribution >= 0.6 is 0 Å². The molecule has 0 bridgehead atoms. The van der Waals surface area contributed by atoms with Crippen molar-refractivity contribution in [2.75, 3.05) is 9.80 Å². The lowest BCUT2D eigenvalue weighted by molar-refractivity contribution is -0.147. The normalized spacial score (nSPS) is 10.0. The molecule has 0 saturated carbocycles. The number of hydrogen-bond acceptors (Lipinski definition) is 4. The van der Waals surface area contributed by atoms with Gasteiger partial charge in [-0.1, -0.05) is 109 Å². The van der Waals surface area contributed by atoms with Gasteiger partial charge in [0.1, 0.15) is 6.42 Å². The minimum absolute atomic E-state index is 0.806. The Kier molecular flexibility index (Phi) is 12.9. The first-order valence-corrected chi connectivity index (χ1v) is 16.0. The van der Waals surface area contributed by atoms with Crippen molar-refractivity contribution < 1.29 is 19.8 Å². The molecule has 0 amide bonds. The fraction of sp³-hybridized carbons (Fsp3) is 0.116. The summed E-state index contributed by atoms with van der Waals surface area (Å²) in [6.07, 6.45) is -0.806. The topological polar surface area (TPSA) is 81.1 Å². The largest absolute Gasteiger partial charge is 0.481 e. The number of anilines is 6. The van der Waals surface area contributed by atoms with Gasteiger partial charge < -0.3 is 20.0 Å². The molecule has 0 spiro atoms. The Morgan fingerprint density at radius 1 is 0.388 bits per heavy atom. The first-order valence-electron chi connectivity index (χ1n) is 16.0. The van der Waals surface area contributed by atoms with Crippen LogP contribution in [0.25, 0.3) is 0 Å². The Morgan fingerprint density at radius 3 is 0.816 bits per heavy atom. The van der Waals surface area contributed by atoms with Crippen LogP contribution in [0.3, 0.4) is 0 Å². The maximum Gasteiger partial charge on any atom is 0.314 e. The summed E-state index contributed by atoms with van der Waals surface area (Å²) in [6, 6.07) is 55.1. The molecule has 0 atom stereocenters. The van der Waals surface area contributed by atoms with Crippen LogP contribution in [0.15, 0.2) is 158 Å². The van der Waals surface area contributed by atoms with Gasteiger partial charge in [-0.15, -0.1) is 0 Å². The van der Waals surface area contributed by atoms with Gasteiger partial charge in [-0.25, -0.2) is 0 Å². The lowest BCUT2D eigenvalue weighted by atomic mass is 10.1. The molecule has 6 aromatic carbocycles. The Hall–Kier alpha value is -6.14. The second-order valence-electron chi connectivity index (χ2n) is 11.5. The summed E-state index contributed by atoms with van der Waals surface area (Å²) in [4.78, 5) is 23.5. The van der Waals surface area contributed by atoms with Crippen LogP contribution in [0.1, 0.15) is 28.7 Å². The average molecular weight is 651 g/mol. The highest BCUT2D eigenvalue weighted by molar-refractivity contribution is 5.88. The molecule has 0 aliphatic heterocycles. The lowest BCUT2D eigenvalue weighted by Gasteiger charge is -2.28. The summed E-state index contributed by atoms with van der Waals surface area (Å²) in [7, 11) is 0. The Bertz CT molecular complexity index is 1720. The SMILES string of the molecule is Cc1ccccc1N(c1ccccc1)c1ccccc1C.Cc1ccccc1N(c1ccccc1)c1ccccc1C.O=C(O)CC(=O)O. The molecule has 49 heavy (non-hydrogen) atoms. The van der Waals surface area contributed by atoms with E-state index in [1.54, 1.807) is 0 Å². The predicted molar refractivity (Wildman–Crippen MR) is 201 cm³/mol. The fourth-order valence-corrected chi connectivity index (χ4v) is 5.36. The zero-order chi connectivity index (χ0) is 35.2. The number of carbonyl (C=O) groups is 2. The van der Waals surface area contributed by atoms with Crippen molar-refractivity contribution in [3.63, 3.8) is 0 Å². The molecule has 6 rings (SSSR count). The van der Waals surface area contributed by atoms with E-state index in [0.717, 1.165) is 0 Å². The third-order valence-corrected chi connectivity index (χ3v) is 7.76. The zero-order valence-electron chi connectivity index (χ0n) is 28.3. The highest BCUT2D eigenvalue weighted by Crippen LogP contribution is 2.39. The first kappa shape index (κ1) is 35.7. The monoisotopic (exact) mass is 650 g/mol. The number of aryl methyl sites for hydroxylation is 4. The molecular formula is C43H42N2O4. The Morgan fingerprint density at radius 2 is 0.612 bits per heavy atom. The van der Waals surface area contributed by atoms with Crippen molar-refractivity contribution in [1.82, 2.24) is 0 Å². The third-order valence-electron chi connectivity index (χ3n) is 7.76. The van der Waals surface area contributed by atoms with Gasteiger partial charge in [0.2, 0.25) is 0 Å². The van der Waals surface area contributed by atoms with Crippen LogP contribution < -0.4 is 9.80 Å². The molecular weight excluding hydrogens is 608 g/mol. The van der Waals surface area contributed by atoms with E-state index in [2.05, 4.69) is 195 Å². The smallest absolute Gasteiger partial charge is 0.314 e. The Labute approximate surface area is 289 Å². The van der Waals surface area contributed by atoms with Gasteiger partial charge in [-0.3, -0.25) is 9.59 Å². The minimum Gasteiger partial charge on any atom is -0.481 e. The van der Waals surface area contributed by atoms with Crippen LogP contribution in [0.2, 0.25) is 0 Å². The van der Waals surface area contributed by atoms with Crippen LogP contribution in [0.4, 0.5) is 34.1 Å². The van der Waals surface area contributed by atoms with E-state index in [1.165, 1.54) is 56.4 Å². The number of para-hydroxylation sites is 6. The third kappa shape index (κ3) is 9.92. The molecule has 6 nitrogen and oxygen atoms in total. The summed E-state index contributed by atoms with van der Waals surface area (Å²) in [5, 5.41) is 15.4. The standard InChI is InChI=1S/2C20H19N.C3H4O4/c2*1-16-10-6-8-14-19(16)21(18-12-4-3-5-13-18)20-15-9-7-11-17(20)2;4-2(5)1-3(6)7/h2*3-15H,1-2H3;1H2,(H,4,5)(H,6,7). The average Bonchev–Trinajstić information content (AvgIpc) is 3.09. The van der Waals surface area contributed by atoms with E-state index < -0.39 is 18.4 Å². The molecule has 0 aromatic heterocycles. The first-order chi connectivity index (χ1) is 23.7. The van der Waals surface area contributed by atoms with E-state index >= 15 is 0 Å². The summed E-state index contributed by atoms with van der Waals surface area (Å²) in [5.41, 5.74) is 12.3. The number of carboxylic acid groups (broad SMARTS) is 2. The molecule has 6 aromatic rings. The van der Waals surface area contributed by atoms with E-state index in [1.807, 2.05) is 0 Å².